The highest BCUT2D eigenvalue weighted by atomic mass is 28.3. The highest BCUT2D eigenvalue weighted by Gasteiger charge is 2.37. The number of hydrogen-bond donors (Lipinski definition) is 1. The molecule has 0 heterocycles. The number of hydrogen-bond acceptors (Lipinski definition) is 1. The van der Waals surface area contributed by atoms with Gasteiger partial charge >= 0.3 is 0 Å². The zero-order valence-electron chi connectivity index (χ0n) is 11.8. The Hall–Kier alpha value is 0.177. The summed E-state index contributed by atoms with van der Waals surface area (Å²) in [5, 5.41) is 6.78. The Morgan fingerprint density at radius 2 is 1.13 bits per heavy atom. The van der Waals surface area contributed by atoms with Crippen molar-refractivity contribution in [3.63, 3.8) is 0 Å². The summed E-state index contributed by atoms with van der Waals surface area (Å²) in [6.45, 7) is 16.2. The Labute approximate surface area is 97.9 Å². The fraction of sp³-hybridized carbons (Fsp3) is 1.00. The van der Waals surface area contributed by atoms with E-state index in [0.717, 1.165) is 23.3 Å². The second kappa shape index (κ2) is 6.05. The Morgan fingerprint density at radius 1 is 0.800 bits per heavy atom. The van der Waals surface area contributed by atoms with Crippen molar-refractivity contribution in [3.05, 3.63) is 0 Å². The van der Waals surface area contributed by atoms with Crippen molar-refractivity contribution in [2.24, 2.45) is 23.2 Å². The van der Waals surface area contributed by atoms with Crippen molar-refractivity contribution in [1.29, 1.82) is 0 Å². The molecule has 0 aromatic heterocycles. The number of rotatable bonds is 6. The van der Waals surface area contributed by atoms with Gasteiger partial charge in [0.15, 0.2) is 0 Å². The van der Waals surface area contributed by atoms with Crippen LogP contribution < -0.4 is 5.40 Å². The molecule has 2 heteroatoms. The van der Waals surface area contributed by atoms with Gasteiger partial charge in [0.05, 0.1) is 0 Å². The van der Waals surface area contributed by atoms with Crippen molar-refractivity contribution in [2.75, 3.05) is 0 Å². The largest absolute Gasteiger partial charge is 0.350 e. The van der Waals surface area contributed by atoms with Crippen LogP contribution in [-0.2, 0) is 0 Å². The molecule has 0 rings (SSSR count). The summed E-state index contributed by atoms with van der Waals surface area (Å²) >= 11 is 0. The molecule has 15 heavy (non-hydrogen) atoms. The number of nitrogens with two attached hydrogens (primary N) is 1. The van der Waals surface area contributed by atoms with E-state index in [1.165, 1.54) is 12.1 Å². The summed E-state index contributed by atoms with van der Waals surface area (Å²) < 4.78 is 0. The molecule has 92 valence electrons. The topological polar surface area (TPSA) is 26.0 Å². The van der Waals surface area contributed by atoms with E-state index in [9.17, 15) is 0 Å². The van der Waals surface area contributed by atoms with Crippen LogP contribution in [-0.4, -0.2) is 8.24 Å². The molecule has 0 fully saturated rings. The van der Waals surface area contributed by atoms with Gasteiger partial charge in [-0.25, -0.2) is 0 Å². The summed E-state index contributed by atoms with van der Waals surface area (Å²) in [5.74, 6) is 2.24. The minimum Gasteiger partial charge on any atom is -0.350 e. The monoisotopic (exact) mass is 229 g/mol. The van der Waals surface area contributed by atoms with Gasteiger partial charge in [-0.05, 0) is 35.4 Å². The Morgan fingerprint density at radius 3 is 1.33 bits per heavy atom. The highest BCUT2D eigenvalue weighted by molar-refractivity contribution is 6.78. The van der Waals surface area contributed by atoms with Gasteiger partial charge in [0.2, 0.25) is 0 Å². The lowest BCUT2D eigenvalue weighted by Gasteiger charge is -2.38. The average molecular weight is 229 g/mol. The summed E-state index contributed by atoms with van der Waals surface area (Å²) in [6, 6.07) is 2.56. The maximum Gasteiger partial charge on any atom is 0.126 e. The van der Waals surface area contributed by atoms with Crippen LogP contribution >= 0.6 is 0 Å². The average Bonchev–Trinajstić information content (AvgIpc) is 1.99. The predicted molar refractivity (Wildman–Crippen MR) is 73.5 cm³/mol. The van der Waals surface area contributed by atoms with Gasteiger partial charge < -0.3 is 5.40 Å². The van der Waals surface area contributed by atoms with Crippen LogP contribution in [0.15, 0.2) is 0 Å². The molecule has 0 bridgehead atoms. The zero-order chi connectivity index (χ0) is 12.2. The summed E-state index contributed by atoms with van der Waals surface area (Å²) in [5.41, 5.74) is 0.738. The molecular weight excluding hydrogens is 198 g/mol. The molecule has 0 aromatic carbocycles. The molecule has 1 unspecified atom stereocenters. The first-order valence-corrected chi connectivity index (χ1v) is 9.04. The summed E-state index contributed by atoms with van der Waals surface area (Å²) in [6.07, 6.45) is 0. The molecule has 0 amide bonds. The maximum absolute atomic E-state index is 6.78. The van der Waals surface area contributed by atoms with E-state index >= 15 is 0 Å². The van der Waals surface area contributed by atoms with Crippen molar-refractivity contribution in [2.45, 2.75) is 66.1 Å². The van der Waals surface area contributed by atoms with Crippen LogP contribution in [0.5, 0.6) is 0 Å². The molecule has 0 saturated heterocycles. The molecule has 0 aliphatic heterocycles. The molecule has 0 aliphatic carbocycles. The van der Waals surface area contributed by atoms with Crippen LogP contribution in [0.1, 0.15) is 48.5 Å². The molecule has 2 N–H and O–H groups in total. The van der Waals surface area contributed by atoms with E-state index in [4.69, 9.17) is 5.40 Å². The molecule has 1 atom stereocenters. The fourth-order valence-corrected chi connectivity index (χ4v) is 7.92. The first-order chi connectivity index (χ1) is 6.69. The quantitative estimate of drug-likeness (QED) is 0.677. The lowest BCUT2D eigenvalue weighted by molar-refractivity contribution is 0.568. The Bertz CT molecular complexity index is 165. The van der Waals surface area contributed by atoms with Gasteiger partial charge in [0.1, 0.15) is 8.24 Å². The normalized spacial score (nSPS) is 15.4. The standard InChI is InChI=1S/C13H31NSi/c1-10(2)8-15(14,9-11(3)4)13(7)12(5)6/h10-13H,8-9,14H2,1-7H3. The molecule has 0 aliphatic rings. The third-order valence-electron chi connectivity index (χ3n) is 3.48. The van der Waals surface area contributed by atoms with Crippen LogP contribution in [0.4, 0.5) is 0 Å². The third kappa shape index (κ3) is 5.16. The Kier molecular flexibility index (Phi) is 6.12. The third-order valence-corrected chi connectivity index (χ3v) is 9.12. The SMILES string of the molecule is CC(C)C[Si](N)(CC(C)C)C(C)C(C)C. The van der Waals surface area contributed by atoms with Gasteiger partial charge in [0.25, 0.3) is 0 Å². The van der Waals surface area contributed by atoms with E-state index in [1.807, 2.05) is 0 Å². The van der Waals surface area contributed by atoms with E-state index < -0.39 is 8.24 Å². The van der Waals surface area contributed by atoms with Crippen molar-refractivity contribution in [3.8, 4) is 0 Å². The van der Waals surface area contributed by atoms with Crippen molar-refractivity contribution < 1.29 is 0 Å². The Balaban J connectivity index is 4.67. The molecule has 1 nitrogen and oxygen atoms in total. The van der Waals surface area contributed by atoms with Gasteiger partial charge in [-0.1, -0.05) is 48.5 Å². The first kappa shape index (κ1) is 15.2. The lowest BCUT2D eigenvalue weighted by Crippen LogP contribution is -2.52. The maximum atomic E-state index is 6.78. The van der Waals surface area contributed by atoms with Crippen molar-refractivity contribution in [1.82, 2.24) is 0 Å². The van der Waals surface area contributed by atoms with E-state index in [2.05, 4.69) is 48.5 Å². The zero-order valence-corrected chi connectivity index (χ0v) is 12.8. The van der Waals surface area contributed by atoms with Crippen LogP contribution in [0, 0.1) is 17.8 Å². The molecule has 0 aromatic rings. The van der Waals surface area contributed by atoms with Gasteiger partial charge in [-0.3, -0.25) is 0 Å². The molecular formula is C13H31NSi. The smallest absolute Gasteiger partial charge is 0.126 e. The lowest BCUT2D eigenvalue weighted by atomic mass is 10.1. The van der Waals surface area contributed by atoms with Crippen LogP contribution in [0.2, 0.25) is 17.6 Å². The highest BCUT2D eigenvalue weighted by Crippen LogP contribution is 2.35. The van der Waals surface area contributed by atoms with Gasteiger partial charge in [-0.15, -0.1) is 0 Å². The molecule has 0 spiro atoms. The predicted octanol–water partition coefficient (Wildman–Crippen LogP) is 4.25. The van der Waals surface area contributed by atoms with E-state index in [1.54, 1.807) is 0 Å². The summed E-state index contributed by atoms with van der Waals surface area (Å²) in [7, 11) is -1.54. The fourth-order valence-electron chi connectivity index (χ4n) is 2.64. The second-order valence-corrected chi connectivity index (χ2v) is 10.7. The van der Waals surface area contributed by atoms with Crippen LogP contribution in [0.3, 0.4) is 0 Å². The van der Waals surface area contributed by atoms with E-state index in [0.29, 0.717) is 0 Å². The van der Waals surface area contributed by atoms with Gasteiger partial charge in [0, 0.05) is 0 Å². The molecule has 0 saturated carbocycles. The second-order valence-electron chi connectivity index (χ2n) is 6.46. The minimum atomic E-state index is -1.54. The van der Waals surface area contributed by atoms with Crippen molar-refractivity contribution >= 4 is 8.24 Å². The summed E-state index contributed by atoms with van der Waals surface area (Å²) in [4.78, 5) is 0. The van der Waals surface area contributed by atoms with E-state index in [-0.39, 0.29) is 0 Å². The first-order valence-electron chi connectivity index (χ1n) is 6.48. The van der Waals surface area contributed by atoms with Crippen LogP contribution in [0.25, 0.3) is 0 Å². The molecule has 0 radical (unpaired) electrons. The van der Waals surface area contributed by atoms with Gasteiger partial charge in [-0.2, -0.15) is 0 Å². The minimum absolute atomic E-state index is 0.735.